The van der Waals surface area contributed by atoms with Crippen molar-refractivity contribution in [3.05, 3.63) is 35.4 Å². The van der Waals surface area contributed by atoms with Gasteiger partial charge in [-0.25, -0.2) is 4.98 Å². The lowest BCUT2D eigenvalue weighted by Crippen LogP contribution is -2.38. The van der Waals surface area contributed by atoms with Crippen LogP contribution in [-0.2, 0) is 12.7 Å². The van der Waals surface area contributed by atoms with E-state index in [0.29, 0.717) is 18.8 Å². The maximum atomic E-state index is 13.3. The van der Waals surface area contributed by atoms with Crippen molar-refractivity contribution < 1.29 is 17.6 Å². The largest absolute Gasteiger partial charge is 0.465 e. The van der Waals surface area contributed by atoms with Gasteiger partial charge in [0.1, 0.15) is 17.3 Å². The van der Waals surface area contributed by atoms with Crippen LogP contribution < -0.4 is 15.5 Å². The van der Waals surface area contributed by atoms with Crippen LogP contribution in [0.25, 0.3) is 0 Å². The zero-order valence-electron chi connectivity index (χ0n) is 15.6. The second-order valence-electron chi connectivity index (χ2n) is 6.79. The van der Waals surface area contributed by atoms with Gasteiger partial charge < -0.3 is 20.0 Å². The molecule has 0 amide bonds. The minimum atomic E-state index is -4.58. The van der Waals surface area contributed by atoms with Gasteiger partial charge in [-0.2, -0.15) is 18.2 Å². The lowest BCUT2D eigenvalue weighted by Gasteiger charge is -2.34. The number of hydrogen-bond donors (Lipinski definition) is 2. The molecule has 152 valence electrons. The molecular weight excluding hydrogens is 391 g/mol. The number of nitrogens with zero attached hydrogens (tertiary/aromatic N) is 3. The van der Waals surface area contributed by atoms with Gasteiger partial charge in [0.15, 0.2) is 10.8 Å². The van der Waals surface area contributed by atoms with Gasteiger partial charge in [0, 0.05) is 18.7 Å². The van der Waals surface area contributed by atoms with Crippen LogP contribution >= 0.6 is 12.2 Å². The molecule has 1 fully saturated rings. The van der Waals surface area contributed by atoms with Crippen LogP contribution in [0.4, 0.5) is 24.9 Å². The van der Waals surface area contributed by atoms with Crippen LogP contribution in [0.3, 0.4) is 0 Å². The third kappa shape index (κ3) is 5.12. The third-order valence-electron chi connectivity index (χ3n) is 4.54. The molecule has 1 aliphatic rings. The van der Waals surface area contributed by atoms with Crippen LogP contribution in [0.2, 0.25) is 0 Å². The highest BCUT2D eigenvalue weighted by atomic mass is 32.1. The van der Waals surface area contributed by atoms with Crippen LogP contribution in [0.5, 0.6) is 0 Å². The molecule has 2 aromatic rings. The summed E-state index contributed by atoms with van der Waals surface area (Å²) in [7, 11) is 0. The van der Waals surface area contributed by atoms with Gasteiger partial charge >= 0.3 is 6.18 Å². The summed E-state index contributed by atoms with van der Waals surface area (Å²) in [6.45, 7) is 4.77. The Morgan fingerprint density at radius 1 is 1.32 bits per heavy atom. The first-order chi connectivity index (χ1) is 13.2. The maximum absolute atomic E-state index is 13.3. The summed E-state index contributed by atoms with van der Waals surface area (Å²) >= 11 is 5.16. The third-order valence-corrected chi connectivity index (χ3v) is 4.79. The topological polar surface area (TPSA) is 66.2 Å². The minimum Gasteiger partial charge on any atom is -0.465 e. The van der Waals surface area contributed by atoms with Crippen molar-refractivity contribution in [1.29, 1.82) is 0 Å². The van der Waals surface area contributed by atoms with Crippen molar-refractivity contribution >= 4 is 29.1 Å². The Kier molecular flexibility index (Phi) is 6.07. The van der Waals surface area contributed by atoms with E-state index in [1.165, 1.54) is 0 Å². The molecule has 3 rings (SSSR count). The normalized spacial score (nSPS) is 17.5. The Bertz CT molecular complexity index is 839. The molecule has 0 aliphatic carbocycles. The molecule has 10 heteroatoms. The quantitative estimate of drug-likeness (QED) is 0.726. The molecule has 3 heterocycles. The Morgan fingerprint density at radius 3 is 2.75 bits per heavy atom. The van der Waals surface area contributed by atoms with Crippen LogP contribution in [0.15, 0.2) is 22.6 Å². The fourth-order valence-electron chi connectivity index (χ4n) is 3.11. The summed E-state index contributed by atoms with van der Waals surface area (Å²) in [4.78, 5) is 9.75. The zero-order valence-corrected chi connectivity index (χ0v) is 16.5. The van der Waals surface area contributed by atoms with Gasteiger partial charge in [0.25, 0.3) is 0 Å². The summed E-state index contributed by atoms with van der Waals surface area (Å²) in [6, 6.07) is 4.72. The summed E-state index contributed by atoms with van der Waals surface area (Å²) in [5.41, 5.74) is -0.998. The lowest BCUT2D eigenvalue weighted by atomic mass is 10.0. The molecular formula is C18H22F3N5OS. The first-order valence-corrected chi connectivity index (χ1v) is 9.46. The number of thiocarbonyl (C=S) groups is 1. The average Bonchev–Trinajstić information content (AvgIpc) is 3.05. The molecule has 1 aliphatic heterocycles. The van der Waals surface area contributed by atoms with Crippen molar-refractivity contribution in [2.75, 3.05) is 16.8 Å². The van der Waals surface area contributed by atoms with E-state index >= 15 is 0 Å². The van der Waals surface area contributed by atoms with Gasteiger partial charge in [-0.1, -0.05) is 0 Å². The Labute approximate surface area is 166 Å². The van der Waals surface area contributed by atoms with Gasteiger partial charge in [-0.05, 0) is 57.5 Å². The average molecular weight is 413 g/mol. The molecule has 2 aromatic heterocycles. The maximum Gasteiger partial charge on any atom is 0.433 e. The number of rotatable bonds is 4. The first-order valence-electron chi connectivity index (χ1n) is 9.05. The summed E-state index contributed by atoms with van der Waals surface area (Å²) < 4.78 is 45.4. The Balaban J connectivity index is 1.76. The van der Waals surface area contributed by atoms with E-state index in [-0.39, 0.29) is 22.9 Å². The molecule has 28 heavy (non-hydrogen) atoms. The number of furan rings is 1. The molecule has 1 saturated heterocycles. The lowest BCUT2D eigenvalue weighted by molar-refractivity contribution is -0.141. The van der Waals surface area contributed by atoms with Crippen molar-refractivity contribution in [2.24, 2.45) is 0 Å². The monoisotopic (exact) mass is 413 g/mol. The summed E-state index contributed by atoms with van der Waals surface area (Å²) in [6.07, 6.45) is -1.69. The second kappa shape index (κ2) is 8.34. The van der Waals surface area contributed by atoms with E-state index in [2.05, 4.69) is 20.6 Å². The number of aromatic nitrogens is 2. The van der Waals surface area contributed by atoms with Gasteiger partial charge in [-0.3, -0.25) is 0 Å². The number of anilines is 2. The number of piperidine rings is 1. The molecule has 1 atom stereocenters. The molecule has 2 N–H and O–H groups in total. The number of nitrogens with one attached hydrogen (secondary N) is 2. The van der Waals surface area contributed by atoms with Gasteiger partial charge in [-0.15, -0.1) is 0 Å². The molecule has 0 aromatic carbocycles. The highest BCUT2D eigenvalue weighted by Gasteiger charge is 2.35. The van der Waals surface area contributed by atoms with Crippen molar-refractivity contribution in [1.82, 2.24) is 15.3 Å². The van der Waals surface area contributed by atoms with Gasteiger partial charge in [0.2, 0.25) is 5.95 Å². The number of aryl methyl sites for hydroxylation is 1. The molecule has 0 saturated carbocycles. The smallest absolute Gasteiger partial charge is 0.433 e. The van der Waals surface area contributed by atoms with E-state index < -0.39 is 11.9 Å². The molecule has 0 unspecified atom stereocenters. The predicted octanol–water partition coefficient (Wildman–Crippen LogP) is 4.26. The molecule has 0 spiro atoms. The van der Waals surface area contributed by atoms with E-state index in [0.717, 1.165) is 31.1 Å². The second-order valence-corrected chi connectivity index (χ2v) is 7.20. The van der Waals surface area contributed by atoms with E-state index in [9.17, 15) is 13.2 Å². The van der Waals surface area contributed by atoms with Crippen LogP contribution in [0, 0.1) is 6.92 Å². The fraction of sp³-hybridized carbons (Fsp3) is 0.500. The van der Waals surface area contributed by atoms with E-state index in [4.69, 9.17) is 16.6 Å². The number of halogens is 3. The van der Waals surface area contributed by atoms with Gasteiger partial charge in [0.05, 0.1) is 6.54 Å². The van der Waals surface area contributed by atoms with Crippen molar-refractivity contribution in [2.45, 2.75) is 51.9 Å². The summed E-state index contributed by atoms with van der Waals surface area (Å²) in [5, 5.41) is 5.65. The minimum absolute atomic E-state index is 0.116. The summed E-state index contributed by atoms with van der Waals surface area (Å²) in [5.74, 6) is 1.49. The van der Waals surface area contributed by atoms with E-state index in [1.807, 2.05) is 24.8 Å². The van der Waals surface area contributed by atoms with Crippen LogP contribution in [-0.4, -0.2) is 27.7 Å². The predicted molar refractivity (Wildman–Crippen MR) is 104 cm³/mol. The molecule has 0 bridgehead atoms. The Hall–Kier alpha value is -2.36. The van der Waals surface area contributed by atoms with Crippen LogP contribution in [0.1, 0.15) is 43.4 Å². The standard InChI is InChI=1S/C18H22F3N5OS/c1-11-5-3-4-8-26(11)15-9-14(18(19,20)21)23-16(24-15)25-17(28)22-10-13-7-6-12(2)27-13/h6-7,9,11H,3-5,8,10H2,1-2H3,(H2,22,23,24,25,28)/t11-/m0/s1. The van der Waals surface area contributed by atoms with Crippen molar-refractivity contribution in [3.8, 4) is 0 Å². The Morgan fingerprint density at radius 2 is 2.11 bits per heavy atom. The number of hydrogen-bond acceptors (Lipinski definition) is 5. The first kappa shape index (κ1) is 20.4. The fourth-order valence-corrected chi connectivity index (χ4v) is 3.28. The molecule has 6 nitrogen and oxygen atoms in total. The van der Waals surface area contributed by atoms with Crippen molar-refractivity contribution in [3.63, 3.8) is 0 Å². The highest BCUT2D eigenvalue weighted by Crippen LogP contribution is 2.32. The number of alkyl halides is 3. The SMILES string of the molecule is Cc1ccc(CNC(=S)Nc2nc(N3CCCC[C@@H]3C)cc(C(F)(F)F)n2)o1. The zero-order chi connectivity index (χ0) is 20.3. The van der Waals surface area contributed by atoms with E-state index in [1.54, 1.807) is 6.07 Å². The molecule has 0 radical (unpaired) electrons. The highest BCUT2D eigenvalue weighted by molar-refractivity contribution is 7.80.